The summed E-state index contributed by atoms with van der Waals surface area (Å²) in [6, 6.07) is 4.23. The van der Waals surface area contributed by atoms with E-state index in [1.807, 2.05) is 6.92 Å². The smallest absolute Gasteiger partial charge is 0.325 e. The summed E-state index contributed by atoms with van der Waals surface area (Å²) in [6.45, 7) is 2.57. The molecule has 0 fully saturated rings. The van der Waals surface area contributed by atoms with Crippen LogP contribution in [0.1, 0.15) is 24.9 Å². The molecule has 0 saturated heterocycles. The number of aliphatic carboxylic acids is 1. The lowest BCUT2D eigenvalue weighted by molar-refractivity contribution is -0.139. The predicted molar refractivity (Wildman–Crippen MR) is 66.7 cm³/mol. The van der Waals surface area contributed by atoms with Crippen LogP contribution in [0.3, 0.4) is 0 Å². The van der Waals surface area contributed by atoms with Crippen molar-refractivity contribution < 1.29 is 14.6 Å². The van der Waals surface area contributed by atoms with Crippen LogP contribution in [0.4, 0.5) is 0 Å². The number of carboxylic acids is 1. The first-order valence-corrected chi connectivity index (χ1v) is 5.78. The summed E-state index contributed by atoms with van der Waals surface area (Å²) in [5, 5.41) is 12.5. The average Bonchev–Trinajstić information content (AvgIpc) is 2.30. The number of hydrogen-bond acceptors (Lipinski definition) is 3. The highest BCUT2D eigenvalue weighted by molar-refractivity contribution is 6.31. The van der Waals surface area contributed by atoms with Crippen molar-refractivity contribution in [3.05, 3.63) is 28.8 Å². The Morgan fingerprint density at radius 3 is 2.82 bits per heavy atom. The summed E-state index contributed by atoms with van der Waals surface area (Å²) in [4.78, 5) is 11.2. The molecule has 0 saturated carbocycles. The van der Waals surface area contributed by atoms with Gasteiger partial charge in [0.25, 0.3) is 0 Å². The summed E-state index contributed by atoms with van der Waals surface area (Å²) in [5.41, 5.74) is 0.470. The topological polar surface area (TPSA) is 58.6 Å². The molecule has 0 aliphatic heterocycles. The van der Waals surface area contributed by atoms with Gasteiger partial charge in [-0.2, -0.15) is 0 Å². The van der Waals surface area contributed by atoms with E-state index in [2.05, 4.69) is 5.32 Å². The van der Waals surface area contributed by atoms with Crippen LogP contribution in [0.5, 0.6) is 5.75 Å². The maximum absolute atomic E-state index is 11.2. The van der Waals surface area contributed by atoms with Crippen LogP contribution < -0.4 is 10.1 Å². The molecule has 0 bridgehead atoms. The molecule has 0 spiro atoms. The second-order valence-corrected chi connectivity index (χ2v) is 3.99. The first kappa shape index (κ1) is 13.8. The molecule has 0 aromatic heterocycles. The Morgan fingerprint density at radius 1 is 1.59 bits per heavy atom. The number of rotatable bonds is 6. The maximum Gasteiger partial charge on any atom is 0.325 e. The third-order valence-electron chi connectivity index (χ3n) is 2.37. The minimum Gasteiger partial charge on any atom is -0.496 e. The van der Waals surface area contributed by atoms with Crippen molar-refractivity contribution in [2.24, 2.45) is 0 Å². The Morgan fingerprint density at radius 2 is 2.29 bits per heavy atom. The van der Waals surface area contributed by atoms with Crippen LogP contribution in [0.25, 0.3) is 0 Å². The fraction of sp³-hybridized carbons (Fsp3) is 0.417. The lowest BCUT2D eigenvalue weighted by atomic mass is 10.1. The van der Waals surface area contributed by atoms with Gasteiger partial charge in [-0.15, -0.1) is 0 Å². The van der Waals surface area contributed by atoms with Gasteiger partial charge < -0.3 is 15.2 Å². The van der Waals surface area contributed by atoms with E-state index in [4.69, 9.17) is 16.3 Å². The minimum absolute atomic E-state index is 0.389. The van der Waals surface area contributed by atoms with Crippen molar-refractivity contribution in [3.8, 4) is 5.75 Å². The van der Waals surface area contributed by atoms with Gasteiger partial charge in [-0.3, -0.25) is 4.79 Å². The van der Waals surface area contributed by atoms with Crippen molar-refractivity contribution in [2.75, 3.05) is 13.7 Å². The zero-order valence-electron chi connectivity index (χ0n) is 9.87. The molecule has 5 heteroatoms. The van der Waals surface area contributed by atoms with E-state index in [1.54, 1.807) is 18.2 Å². The van der Waals surface area contributed by atoms with Gasteiger partial charge in [0, 0.05) is 10.6 Å². The maximum atomic E-state index is 11.2. The molecular weight excluding hydrogens is 242 g/mol. The van der Waals surface area contributed by atoms with Gasteiger partial charge >= 0.3 is 5.97 Å². The molecule has 0 heterocycles. The van der Waals surface area contributed by atoms with E-state index in [0.717, 1.165) is 6.42 Å². The zero-order chi connectivity index (χ0) is 12.8. The lowest BCUT2D eigenvalue weighted by Crippen LogP contribution is -2.29. The number of methoxy groups -OCH3 is 1. The molecule has 1 aromatic rings. The molecule has 0 amide bonds. The molecule has 2 N–H and O–H groups in total. The Balaban J connectivity index is 3.12. The second kappa shape index (κ2) is 6.47. The fourth-order valence-corrected chi connectivity index (χ4v) is 1.85. The normalized spacial score (nSPS) is 12.2. The molecular formula is C12H16ClNO3. The summed E-state index contributed by atoms with van der Waals surface area (Å²) in [7, 11) is 1.49. The molecule has 0 aliphatic carbocycles. The van der Waals surface area contributed by atoms with Gasteiger partial charge in [-0.05, 0) is 25.1 Å². The molecule has 0 radical (unpaired) electrons. The number of halogens is 1. The number of nitrogens with one attached hydrogen (secondary N) is 1. The first-order valence-electron chi connectivity index (χ1n) is 5.40. The molecule has 17 heavy (non-hydrogen) atoms. The number of carbonyl (C=O) groups is 1. The Labute approximate surface area is 106 Å². The number of ether oxygens (including phenoxy) is 1. The number of carboxylic acid groups (broad SMARTS) is 1. The first-order chi connectivity index (χ1) is 8.11. The largest absolute Gasteiger partial charge is 0.496 e. The van der Waals surface area contributed by atoms with Gasteiger partial charge in [-0.25, -0.2) is 0 Å². The molecule has 1 rings (SSSR count). The standard InChI is InChI=1S/C12H16ClNO3/c1-3-7-14-11(12(15)16)10-8(13)5-4-6-9(10)17-2/h4-6,11,14H,3,7H2,1-2H3,(H,15,16). The van der Waals surface area contributed by atoms with Gasteiger partial charge in [0.05, 0.1) is 7.11 Å². The third kappa shape index (κ3) is 3.35. The fourth-order valence-electron chi connectivity index (χ4n) is 1.58. The van der Waals surface area contributed by atoms with Crippen LogP contribution in [0.15, 0.2) is 18.2 Å². The number of benzene rings is 1. The van der Waals surface area contributed by atoms with Crippen molar-refractivity contribution in [1.29, 1.82) is 0 Å². The van der Waals surface area contributed by atoms with E-state index in [0.29, 0.717) is 22.9 Å². The van der Waals surface area contributed by atoms with Gasteiger partial charge in [0.2, 0.25) is 0 Å². The van der Waals surface area contributed by atoms with Gasteiger partial charge in [0.15, 0.2) is 0 Å². The van der Waals surface area contributed by atoms with Crippen molar-refractivity contribution in [2.45, 2.75) is 19.4 Å². The van der Waals surface area contributed by atoms with E-state index >= 15 is 0 Å². The van der Waals surface area contributed by atoms with Crippen LogP contribution in [0.2, 0.25) is 5.02 Å². The summed E-state index contributed by atoms with van der Waals surface area (Å²) in [6.07, 6.45) is 0.844. The molecule has 1 aromatic carbocycles. The summed E-state index contributed by atoms with van der Waals surface area (Å²) >= 11 is 6.04. The van der Waals surface area contributed by atoms with Gasteiger partial charge in [0.1, 0.15) is 11.8 Å². The monoisotopic (exact) mass is 257 g/mol. The second-order valence-electron chi connectivity index (χ2n) is 3.58. The highest BCUT2D eigenvalue weighted by atomic mass is 35.5. The van der Waals surface area contributed by atoms with E-state index in [1.165, 1.54) is 7.11 Å². The van der Waals surface area contributed by atoms with Crippen molar-refractivity contribution in [1.82, 2.24) is 5.32 Å². The van der Waals surface area contributed by atoms with E-state index in [-0.39, 0.29) is 0 Å². The van der Waals surface area contributed by atoms with Crippen LogP contribution >= 0.6 is 11.6 Å². The highest BCUT2D eigenvalue weighted by Gasteiger charge is 2.25. The Kier molecular flexibility index (Phi) is 5.25. The van der Waals surface area contributed by atoms with Crippen LogP contribution in [0, 0.1) is 0 Å². The molecule has 94 valence electrons. The molecule has 4 nitrogen and oxygen atoms in total. The van der Waals surface area contributed by atoms with E-state index in [9.17, 15) is 9.90 Å². The molecule has 0 aliphatic rings. The lowest BCUT2D eigenvalue weighted by Gasteiger charge is -2.18. The minimum atomic E-state index is -0.968. The van der Waals surface area contributed by atoms with Crippen LogP contribution in [-0.2, 0) is 4.79 Å². The zero-order valence-corrected chi connectivity index (χ0v) is 10.6. The third-order valence-corrected chi connectivity index (χ3v) is 2.70. The van der Waals surface area contributed by atoms with E-state index < -0.39 is 12.0 Å². The Bertz CT molecular complexity index is 395. The van der Waals surface area contributed by atoms with Gasteiger partial charge in [-0.1, -0.05) is 24.6 Å². The SMILES string of the molecule is CCCNC(C(=O)O)c1c(Cl)cccc1OC. The van der Waals surface area contributed by atoms with Crippen LogP contribution in [-0.4, -0.2) is 24.7 Å². The highest BCUT2D eigenvalue weighted by Crippen LogP contribution is 2.32. The number of hydrogen-bond donors (Lipinski definition) is 2. The van der Waals surface area contributed by atoms with Crippen molar-refractivity contribution in [3.63, 3.8) is 0 Å². The summed E-state index contributed by atoms with van der Waals surface area (Å²) in [5.74, 6) is -0.488. The van der Waals surface area contributed by atoms with Crippen molar-refractivity contribution >= 4 is 17.6 Å². The molecule has 1 atom stereocenters. The summed E-state index contributed by atoms with van der Waals surface area (Å²) < 4.78 is 5.15. The average molecular weight is 258 g/mol. The predicted octanol–water partition coefficient (Wildman–Crippen LogP) is 2.47. The Hall–Kier alpha value is -1.26. The quantitative estimate of drug-likeness (QED) is 0.822. The molecule has 1 unspecified atom stereocenters.